The predicted octanol–water partition coefficient (Wildman–Crippen LogP) is 3.75. The summed E-state index contributed by atoms with van der Waals surface area (Å²) in [5, 5.41) is 16.1. The highest BCUT2D eigenvalue weighted by molar-refractivity contribution is 7.99. The molecule has 1 saturated heterocycles. The third kappa shape index (κ3) is 6.07. The van der Waals surface area contributed by atoms with E-state index in [0.717, 1.165) is 24.3 Å². The summed E-state index contributed by atoms with van der Waals surface area (Å²) in [6.45, 7) is 0. The first-order valence-corrected chi connectivity index (χ1v) is 11.2. The second-order valence-electron chi connectivity index (χ2n) is 7.29. The van der Waals surface area contributed by atoms with Crippen LogP contribution in [0.5, 0.6) is 0 Å². The van der Waals surface area contributed by atoms with Gasteiger partial charge >= 0.3 is 5.97 Å². The van der Waals surface area contributed by atoms with Crippen LogP contribution in [0.15, 0.2) is 53.7 Å². The molecule has 31 heavy (non-hydrogen) atoms. The number of carboxylic acids is 1. The lowest BCUT2D eigenvalue weighted by Crippen LogP contribution is -2.47. The number of benzene rings is 2. The summed E-state index contributed by atoms with van der Waals surface area (Å²) in [5.41, 5.74) is 2.13. The average Bonchev–Trinajstić information content (AvgIpc) is 2.78. The van der Waals surface area contributed by atoms with Crippen LogP contribution in [0, 0.1) is 11.7 Å². The van der Waals surface area contributed by atoms with Crippen LogP contribution in [-0.2, 0) is 20.8 Å². The molecular weight excluding hydrogens is 419 g/mol. The number of nitrogens with one attached hydrogen (secondary N) is 1. The Morgan fingerprint density at radius 3 is 2.48 bits per heavy atom. The van der Waals surface area contributed by atoms with Crippen molar-refractivity contribution in [3.63, 3.8) is 0 Å². The molecule has 1 atom stereocenters. The van der Waals surface area contributed by atoms with E-state index >= 15 is 0 Å². The number of hydrogen-bond donors (Lipinski definition) is 2. The molecule has 1 aliphatic rings. The molecule has 0 spiro atoms. The molecule has 2 N–H and O–H groups in total. The molecule has 6 nitrogen and oxygen atoms in total. The second-order valence-corrected chi connectivity index (χ2v) is 8.52. The zero-order valence-electron chi connectivity index (χ0n) is 17.2. The van der Waals surface area contributed by atoms with Crippen LogP contribution >= 0.6 is 11.8 Å². The molecule has 1 fully saturated rings. The summed E-state index contributed by atoms with van der Waals surface area (Å²) in [7, 11) is 1.37. The van der Waals surface area contributed by atoms with Crippen molar-refractivity contribution in [2.45, 2.75) is 25.3 Å². The number of nitrogens with zero attached hydrogens (tertiary/aromatic N) is 1. The van der Waals surface area contributed by atoms with E-state index in [1.165, 1.54) is 13.2 Å². The fraction of sp³-hybridized carbons (Fsp3) is 0.348. The van der Waals surface area contributed by atoms with E-state index in [2.05, 4.69) is 10.5 Å². The fourth-order valence-electron chi connectivity index (χ4n) is 3.55. The number of hydrogen-bond acceptors (Lipinski definition) is 5. The molecule has 1 aliphatic heterocycles. The van der Waals surface area contributed by atoms with Crippen LogP contribution in [0.3, 0.4) is 0 Å². The maximum Gasteiger partial charge on any atom is 0.326 e. The van der Waals surface area contributed by atoms with E-state index < -0.39 is 17.9 Å². The highest BCUT2D eigenvalue weighted by atomic mass is 32.2. The van der Waals surface area contributed by atoms with Gasteiger partial charge in [-0.15, -0.1) is 0 Å². The van der Waals surface area contributed by atoms with E-state index in [0.29, 0.717) is 16.7 Å². The van der Waals surface area contributed by atoms with Crippen molar-refractivity contribution < 1.29 is 23.9 Å². The summed E-state index contributed by atoms with van der Waals surface area (Å²) >= 11 is 1.82. The Balaban J connectivity index is 1.70. The highest BCUT2D eigenvalue weighted by Gasteiger charge is 2.29. The van der Waals surface area contributed by atoms with Crippen LogP contribution in [0.25, 0.3) is 11.1 Å². The average molecular weight is 445 g/mol. The smallest absolute Gasteiger partial charge is 0.326 e. The minimum Gasteiger partial charge on any atom is -0.480 e. The minimum atomic E-state index is -1.14. The number of carboxylic acid groups (broad SMARTS) is 1. The van der Waals surface area contributed by atoms with Crippen molar-refractivity contribution >= 4 is 29.4 Å². The van der Waals surface area contributed by atoms with Gasteiger partial charge in [0.2, 0.25) is 0 Å². The van der Waals surface area contributed by atoms with Crippen molar-refractivity contribution in [3.05, 3.63) is 59.9 Å². The first-order chi connectivity index (χ1) is 15.0. The van der Waals surface area contributed by atoms with Gasteiger partial charge in [-0.25, -0.2) is 9.18 Å². The number of amides is 1. The SMILES string of the molecule is CON=C(C(=O)N[C@@H](Cc1ccc(-c2ccccc2F)cc1)C(=O)O)C1CCSCC1. The summed E-state index contributed by atoms with van der Waals surface area (Å²) in [5.74, 6) is -0.168. The van der Waals surface area contributed by atoms with Crippen molar-refractivity contribution in [1.82, 2.24) is 5.32 Å². The molecule has 1 heterocycles. The van der Waals surface area contributed by atoms with Crippen LogP contribution in [-0.4, -0.2) is 47.4 Å². The van der Waals surface area contributed by atoms with Gasteiger partial charge in [0, 0.05) is 17.9 Å². The number of oxime groups is 1. The third-order valence-corrected chi connectivity index (χ3v) is 6.26. The largest absolute Gasteiger partial charge is 0.480 e. The molecule has 0 aliphatic carbocycles. The predicted molar refractivity (Wildman–Crippen MR) is 120 cm³/mol. The van der Waals surface area contributed by atoms with Gasteiger partial charge in [-0.05, 0) is 41.5 Å². The molecule has 3 rings (SSSR count). The van der Waals surface area contributed by atoms with Gasteiger partial charge in [-0.1, -0.05) is 47.6 Å². The Morgan fingerprint density at radius 2 is 1.87 bits per heavy atom. The lowest BCUT2D eigenvalue weighted by molar-refractivity contribution is -0.141. The van der Waals surface area contributed by atoms with E-state index in [1.807, 2.05) is 11.8 Å². The number of carbonyl (C=O) groups excluding carboxylic acids is 1. The standard InChI is InChI=1S/C23H25FN2O4S/c1-30-26-21(17-10-12-31-13-11-17)22(27)25-20(23(28)29)14-15-6-8-16(9-7-15)18-4-2-3-5-19(18)24/h2-9,17,20H,10-14H2,1H3,(H,25,27)(H,28,29)/t20-/m0/s1. The first-order valence-electron chi connectivity index (χ1n) is 10.1. The summed E-state index contributed by atoms with van der Waals surface area (Å²) in [6.07, 6.45) is 1.70. The van der Waals surface area contributed by atoms with Gasteiger partial charge in [-0.3, -0.25) is 4.79 Å². The quantitative estimate of drug-likeness (QED) is 0.478. The Kier molecular flexibility index (Phi) is 8.06. The van der Waals surface area contributed by atoms with Gasteiger partial charge in [0.15, 0.2) is 0 Å². The molecule has 0 aromatic heterocycles. The molecule has 0 unspecified atom stereocenters. The van der Waals surface area contributed by atoms with E-state index in [1.54, 1.807) is 42.5 Å². The molecule has 1 amide bonds. The zero-order valence-corrected chi connectivity index (χ0v) is 18.0. The molecule has 2 aromatic carbocycles. The van der Waals surface area contributed by atoms with Gasteiger partial charge < -0.3 is 15.3 Å². The molecule has 0 saturated carbocycles. The molecule has 2 aromatic rings. The van der Waals surface area contributed by atoms with E-state index in [9.17, 15) is 19.1 Å². The van der Waals surface area contributed by atoms with Gasteiger partial charge in [-0.2, -0.15) is 11.8 Å². The minimum absolute atomic E-state index is 0.0457. The van der Waals surface area contributed by atoms with Crippen LogP contribution < -0.4 is 5.32 Å². The summed E-state index contributed by atoms with van der Waals surface area (Å²) in [6, 6.07) is 12.3. The fourth-order valence-corrected chi connectivity index (χ4v) is 4.66. The van der Waals surface area contributed by atoms with Crippen molar-refractivity contribution in [3.8, 4) is 11.1 Å². The molecule has 0 bridgehead atoms. The normalized spacial score (nSPS) is 15.9. The molecule has 0 radical (unpaired) electrons. The maximum absolute atomic E-state index is 14.0. The third-order valence-electron chi connectivity index (χ3n) is 5.21. The Bertz CT molecular complexity index is 943. The van der Waals surface area contributed by atoms with E-state index in [4.69, 9.17) is 4.84 Å². The number of aliphatic carboxylic acids is 1. The van der Waals surface area contributed by atoms with Gasteiger partial charge in [0.25, 0.3) is 5.91 Å². The van der Waals surface area contributed by atoms with Crippen LogP contribution in [0.2, 0.25) is 0 Å². The Labute approximate surface area is 184 Å². The van der Waals surface area contributed by atoms with Crippen molar-refractivity contribution in [1.29, 1.82) is 0 Å². The van der Waals surface area contributed by atoms with Crippen molar-refractivity contribution in [2.24, 2.45) is 11.1 Å². The van der Waals surface area contributed by atoms with Crippen LogP contribution in [0.4, 0.5) is 4.39 Å². The van der Waals surface area contributed by atoms with Crippen molar-refractivity contribution in [2.75, 3.05) is 18.6 Å². The maximum atomic E-state index is 14.0. The second kappa shape index (κ2) is 10.9. The molecular formula is C23H25FN2O4S. The summed E-state index contributed by atoms with van der Waals surface area (Å²) < 4.78 is 14.0. The first kappa shape index (κ1) is 22.8. The lowest BCUT2D eigenvalue weighted by atomic mass is 9.95. The topological polar surface area (TPSA) is 88.0 Å². The number of halogens is 1. The Morgan fingerprint density at radius 1 is 1.19 bits per heavy atom. The van der Waals surface area contributed by atoms with E-state index in [-0.39, 0.29) is 23.9 Å². The monoisotopic (exact) mass is 444 g/mol. The molecule has 8 heteroatoms. The highest BCUT2D eigenvalue weighted by Crippen LogP contribution is 2.25. The zero-order chi connectivity index (χ0) is 22.2. The lowest BCUT2D eigenvalue weighted by Gasteiger charge is -2.23. The van der Waals surface area contributed by atoms with Gasteiger partial charge in [0.05, 0.1) is 0 Å². The van der Waals surface area contributed by atoms with Crippen LogP contribution in [0.1, 0.15) is 18.4 Å². The number of thioether (sulfide) groups is 1. The number of rotatable bonds is 8. The molecule has 164 valence electrons. The van der Waals surface area contributed by atoms with Gasteiger partial charge in [0.1, 0.15) is 24.7 Å². The summed E-state index contributed by atoms with van der Waals surface area (Å²) in [4.78, 5) is 29.4. The number of carbonyl (C=O) groups is 2. The Hall–Kier alpha value is -2.87.